The summed E-state index contributed by atoms with van der Waals surface area (Å²) in [6, 6.07) is 3.01. The average Bonchev–Trinajstić information content (AvgIpc) is 2.23. The average molecular weight is 252 g/mol. The van der Waals surface area contributed by atoms with Crippen molar-refractivity contribution in [2.45, 2.75) is 0 Å². The van der Waals surface area contributed by atoms with Crippen molar-refractivity contribution in [2.75, 3.05) is 0 Å². The minimum atomic E-state index is -0.505. The number of fused-ring (bicyclic) bond motifs is 1. The number of hydrogen-bond donors (Lipinski definition) is 0. The summed E-state index contributed by atoms with van der Waals surface area (Å²) in [5.41, 5.74) is 0.959. The Balaban J connectivity index is 2.99. The SMILES string of the molecule is N#Cc1cc(F)c(Br)c2nccnc12. The molecule has 2 rings (SSSR count). The molecule has 2 aromatic rings. The molecule has 68 valence electrons. The molecule has 0 N–H and O–H groups in total. The molecule has 0 saturated carbocycles. The molecule has 0 spiro atoms. The molecular formula is C9H3BrFN3. The van der Waals surface area contributed by atoms with Gasteiger partial charge in [0.15, 0.2) is 0 Å². The van der Waals surface area contributed by atoms with E-state index in [-0.39, 0.29) is 10.0 Å². The van der Waals surface area contributed by atoms with E-state index >= 15 is 0 Å². The summed E-state index contributed by atoms with van der Waals surface area (Å²) in [6.07, 6.45) is 2.92. The summed E-state index contributed by atoms with van der Waals surface area (Å²) >= 11 is 3.06. The van der Waals surface area contributed by atoms with Crippen molar-refractivity contribution < 1.29 is 4.39 Å². The van der Waals surface area contributed by atoms with Gasteiger partial charge in [0.25, 0.3) is 0 Å². The molecular weight excluding hydrogens is 249 g/mol. The van der Waals surface area contributed by atoms with Crippen LogP contribution in [-0.2, 0) is 0 Å². The minimum Gasteiger partial charge on any atom is -0.252 e. The zero-order valence-corrected chi connectivity index (χ0v) is 8.42. The van der Waals surface area contributed by atoms with Gasteiger partial charge in [-0.3, -0.25) is 9.97 Å². The van der Waals surface area contributed by atoms with E-state index in [1.807, 2.05) is 6.07 Å². The molecule has 1 heterocycles. The van der Waals surface area contributed by atoms with Gasteiger partial charge in [0.1, 0.15) is 22.9 Å². The van der Waals surface area contributed by atoms with Gasteiger partial charge < -0.3 is 0 Å². The predicted octanol–water partition coefficient (Wildman–Crippen LogP) is 2.40. The van der Waals surface area contributed by atoms with Crippen molar-refractivity contribution in [2.24, 2.45) is 0 Å². The number of aromatic nitrogens is 2. The Kier molecular flexibility index (Phi) is 2.14. The lowest BCUT2D eigenvalue weighted by molar-refractivity contribution is 0.622. The predicted molar refractivity (Wildman–Crippen MR) is 51.9 cm³/mol. The van der Waals surface area contributed by atoms with Gasteiger partial charge in [-0.25, -0.2) is 4.39 Å². The van der Waals surface area contributed by atoms with E-state index < -0.39 is 5.82 Å². The van der Waals surface area contributed by atoms with Gasteiger partial charge in [-0.15, -0.1) is 0 Å². The number of nitrogens with zero attached hydrogens (tertiary/aromatic N) is 3. The van der Waals surface area contributed by atoms with Crippen molar-refractivity contribution in [3.63, 3.8) is 0 Å². The maximum atomic E-state index is 13.2. The van der Waals surface area contributed by atoms with Crippen molar-refractivity contribution in [3.8, 4) is 6.07 Å². The first kappa shape index (κ1) is 9.03. The third-order valence-electron chi connectivity index (χ3n) is 1.76. The van der Waals surface area contributed by atoms with E-state index in [1.54, 1.807) is 0 Å². The van der Waals surface area contributed by atoms with Crippen LogP contribution >= 0.6 is 15.9 Å². The Labute approximate surface area is 87.3 Å². The maximum Gasteiger partial charge on any atom is 0.141 e. The lowest BCUT2D eigenvalue weighted by Gasteiger charge is -2.01. The second-order valence-corrected chi connectivity index (χ2v) is 3.38. The van der Waals surface area contributed by atoms with E-state index in [2.05, 4.69) is 25.9 Å². The second kappa shape index (κ2) is 3.31. The van der Waals surface area contributed by atoms with E-state index in [0.717, 1.165) is 6.07 Å². The van der Waals surface area contributed by atoms with E-state index in [0.29, 0.717) is 11.0 Å². The fourth-order valence-electron chi connectivity index (χ4n) is 1.15. The van der Waals surface area contributed by atoms with Gasteiger partial charge in [-0.1, -0.05) is 0 Å². The standard InChI is InChI=1S/C9H3BrFN3/c10-7-6(11)3-5(4-12)8-9(7)14-2-1-13-8/h1-3H. The summed E-state index contributed by atoms with van der Waals surface area (Å²) in [5.74, 6) is -0.505. The minimum absolute atomic E-state index is 0.189. The Hall–Kier alpha value is -1.54. The number of hydrogen-bond acceptors (Lipinski definition) is 3. The molecule has 1 aromatic heterocycles. The van der Waals surface area contributed by atoms with Crippen molar-refractivity contribution >= 4 is 27.0 Å². The van der Waals surface area contributed by atoms with Crippen LogP contribution in [0.4, 0.5) is 4.39 Å². The van der Waals surface area contributed by atoms with Crippen LogP contribution in [0.1, 0.15) is 5.56 Å². The number of rotatable bonds is 0. The highest BCUT2D eigenvalue weighted by atomic mass is 79.9. The number of benzene rings is 1. The van der Waals surface area contributed by atoms with Crippen LogP contribution in [0.15, 0.2) is 22.9 Å². The quantitative estimate of drug-likeness (QED) is 0.723. The summed E-state index contributed by atoms with van der Waals surface area (Å²) in [7, 11) is 0. The molecule has 0 unspecified atom stereocenters. The van der Waals surface area contributed by atoms with Crippen LogP contribution in [0, 0.1) is 17.1 Å². The topological polar surface area (TPSA) is 49.6 Å². The highest BCUT2D eigenvalue weighted by Crippen LogP contribution is 2.26. The lowest BCUT2D eigenvalue weighted by atomic mass is 10.2. The third kappa shape index (κ3) is 1.24. The molecule has 0 amide bonds. The van der Waals surface area contributed by atoms with Gasteiger partial charge in [0.2, 0.25) is 0 Å². The third-order valence-corrected chi connectivity index (χ3v) is 2.52. The normalized spacial score (nSPS) is 10.1. The molecule has 0 aliphatic carbocycles. The highest BCUT2D eigenvalue weighted by Gasteiger charge is 2.11. The molecule has 14 heavy (non-hydrogen) atoms. The monoisotopic (exact) mass is 251 g/mol. The Morgan fingerprint density at radius 2 is 1.93 bits per heavy atom. The summed E-state index contributed by atoms with van der Waals surface area (Å²) in [4.78, 5) is 7.92. The second-order valence-electron chi connectivity index (χ2n) is 2.59. The van der Waals surface area contributed by atoms with Crippen molar-refractivity contribution in [1.29, 1.82) is 5.26 Å². The van der Waals surface area contributed by atoms with Gasteiger partial charge in [0.05, 0.1) is 10.0 Å². The molecule has 0 bridgehead atoms. The Bertz CT molecular complexity index is 547. The van der Waals surface area contributed by atoms with Crippen LogP contribution in [0.2, 0.25) is 0 Å². The van der Waals surface area contributed by atoms with Gasteiger partial charge in [0, 0.05) is 12.4 Å². The van der Waals surface area contributed by atoms with Crippen LogP contribution < -0.4 is 0 Å². The molecule has 5 heteroatoms. The van der Waals surface area contributed by atoms with Crippen LogP contribution in [0.25, 0.3) is 11.0 Å². The zero-order chi connectivity index (χ0) is 10.1. The van der Waals surface area contributed by atoms with Gasteiger partial charge in [-0.2, -0.15) is 5.26 Å². The zero-order valence-electron chi connectivity index (χ0n) is 6.83. The van der Waals surface area contributed by atoms with Crippen LogP contribution in [-0.4, -0.2) is 9.97 Å². The fraction of sp³-hybridized carbons (Fsp3) is 0. The van der Waals surface area contributed by atoms with Gasteiger partial charge in [-0.05, 0) is 22.0 Å². The Morgan fingerprint density at radius 3 is 2.57 bits per heavy atom. The molecule has 0 aliphatic rings. The number of halogens is 2. The van der Waals surface area contributed by atoms with E-state index in [9.17, 15) is 4.39 Å². The largest absolute Gasteiger partial charge is 0.252 e. The molecule has 0 radical (unpaired) electrons. The first-order valence-electron chi connectivity index (χ1n) is 3.73. The summed E-state index contributed by atoms with van der Waals surface area (Å²) < 4.78 is 13.5. The highest BCUT2D eigenvalue weighted by molar-refractivity contribution is 9.10. The summed E-state index contributed by atoms with van der Waals surface area (Å²) in [5, 5.41) is 8.75. The van der Waals surface area contributed by atoms with Gasteiger partial charge >= 0.3 is 0 Å². The summed E-state index contributed by atoms with van der Waals surface area (Å²) in [6.45, 7) is 0. The van der Waals surface area contributed by atoms with Crippen LogP contribution in [0.3, 0.4) is 0 Å². The number of nitriles is 1. The first-order chi connectivity index (χ1) is 6.74. The maximum absolute atomic E-state index is 13.2. The molecule has 1 aromatic carbocycles. The van der Waals surface area contributed by atoms with Crippen LogP contribution in [0.5, 0.6) is 0 Å². The molecule has 3 nitrogen and oxygen atoms in total. The van der Waals surface area contributed by atoms with Crippen molar-refractivity contribution in [1.82, 2.24) is 9.97 Å². The smallest absolute Gasteiger partial charge is 0.141 e. The van der Waals surface area contributed by atoms with E-state index in [4.69, 9.17) is 5.26 Å². The lowest BCUT2D eigenvalue weighted by Crippen LogP contribution is -1.91. The van der Waals surface area contributed by atoms with Crippen molar-refractivity contribution in [3.05, 3.63) is 34.3 Å². The fourth-order valence-corrected chi connectivity index (χ4v) is 1.56. The first-order valence-corrected chi connectivity index (χ1v) is 4.52. The van der Waals surface area contributed by atoms with E-state index in [1.165, 1.54) is 12.4 Å². The molecule has 0 saturated heterocycles. The molecule has 0 atom stereocenters. The molecule has 0 fully saturated rings. The molecule has 0 aliphatic heterocycles. The Morgan fingerprint density at radius 1 is 1.29 bits per heavy atom.